The van der Waals surface area contributed by atoms with Crippen molar-refractivity contribution in [1.29, 1.82) is 0 Å². The fourth-order valence-corrected chi connectivity index (χ4v) is 4.92. The predicted molar refractivity (Wildman–Crippen MR) is 132 cm³/mol. The number of anilines is 2. The molecule has 0 aliphatic carbocycles. The van der Waals surface area contributed by atoms with Crippen LogP contribution in [-0.4, -0.2) is 30.6 Å². The van der Waals surface area contributed by atoms with Crippen molar-refractivity contribution in [3.05, 3.63) is 88.5 Å². The second-order valence-corrected chi connectivity index (χ2v) is 9.25. The van der Waals surface area contributed by atoms with E-state index in [1.165, 1.54) is 29.0 Å². The molecular formula is C24H21N5O4S. The number of carbonyl (C=O) groups is 1. The summed E-state index contributed by atoms with van der Waals surface area (Å²) in [6.45, 7) is 4.86. The minimum atomic E-state index is -4.08. The summed E-state index contributed by atoms with van der Waals surface area (Å²) in [6, 6.07) is 16.5. The van der Waals surface area contributed by atoms with Crippen molar-refractivity contribution in [3.8, 4) is 5.82 Å². The van der Waals surface area contributed by atoms with Gasteiger partial charge in [0.1, 0.15) is 5.69 Å². The molecule has 0 saturated carbocycles. The molecule has 34 heavy (non-hydrogen) atoms. The first-order valence-electron chi connectivity index (χ1n) is 10.2. The Hall–Kier alpha value is -4.31. The van der Waals surface area contributed by atoms with E-state index in [-0.39, 0.29) is 28.5 Å². The van der Waals surface area contributed by atoms with Crippen LogP contribution in [0.5, 0.6) is 0 Å². The molecule has 3 N–H and O–H groups in total. The van der Waals surface area contributed by atoms with Crippen LogP contribution in [0.25, 0.3) is 16.6 Å². The normalized spacial score (nSPS) is 11.3. The highest BCUT2D eigenvalue weighted by molar-refractivity contribution is 7.93. The van der Waals surface area contributed by atoms with Crippen molar-refractivity contribution in [3.63, 3.8) is 0 Å². The zero-order valence-corrected chi connectivity index (χ0v) is 19.0. The van der Waals surface area contributed by atoms with Gasteiger partial charge in [0, 0.05) is 17.3 Å². The molecule has 0 aliphatic heterocycles. The zero-order chi connectivity index (χ0) is 24.5. The van der Waals surface area contributed by atoms with Crippen LogP contribution in [0, 0.1) is 6.92 Å². The van der Waals surface area contributed by atoms with E-state index in [4.69, 9.17) is 5.73 Å². The smallest absolute Gasteiger partial charge is 0.280 e. The average Bonchev–Trinajstić information content (AvgIpc) is 2.81. The first-order chi connectivity index (χ1) is 16.2. The molecule has 4 rings (SSSR count). The maximum Gasteiger partial charge on any atom is 0.280 e. The third kappa shape index (κ3) is 4.30. The summed E-state index contributed by atoms with van der Waals surface area (Å²) >= 11 is 0. The maximum atomic E-state index is 13.3. The van der Waals surface area contributed by atoms with Gasteiger partial charge < -0.3 is 5.73 Å². The van der Waals surface area contributed by atoms with Gasteiger partial charge in [-0.2, -0.15) is 0 Å². The minimum absolute atomic E-state index is 0.0280. The number of amides is 1. The number of nitrogen functional groups attached to an aromatic ring is 1. The van der Waals surface area contributed by atoms with Gasteiger partial charge in [0.05, 0.1) is 17.0 Å². The van der Waals surface area contributed by atoms with Crippen LogP contribution in [-0.2, 0) is 21.2 Å². The number of carbonyl (C=O) groups excluding carboxylic acids is 1. The summed E-state index contributed by atoms with van der Waals surface area (Å²) in [5, 5.41) is 1.30. The molecule has 4 aromatic rings. The number of nitrogens with two attached hydrogens (primary N) is 1. The Labute approximate surface area is 195 Å². The quantitative estimate of drug-likeness (QED) is 0.412. The van der Waals surface area contributed by atoms with Gasteiger partial charge in [-0.05, 0) is 48.9 Å². The third-order valence-electron chi connectivity index (χ3n) is 5.26. The van der Waals surface area contributed by atoms with Gasteiger partial charge in [-0.25, -0.2) is 18.4 Å². The second-order valence-electron chi connectivity index (χ2n) is 7.60. The van der Waals surface area contributed by atoms with Gasteiger partial charge in [0.25, 0.3) is 15.6 Å². The molecule has 0 saturated heterocycles. The molecule has 10 heteroatoms. The summed E-state index contributed by atoms with van der Waals surface area (Å²) in [4.78, 5) is 32.4. The lowest BCUT2D eigenvalue weighted by Crippen LogP contribution is -2.27. The van der Waals surface area contributed by atoms with Crippen LogP contribution in [0.15, 0.2) is 81.5 Å². The molecule has 2 aromatic heterocycles. The minimum Gasteiger partial charge on any atom is -0.396 e. The van der Waals surface area contributed by atoms with E-state index in [1.807, 2.05) is 18.2 Å². The Morgan fingerprint density at radius 1 is 1.15 bits per heavy atom. The number of nitrogens with zero attached hydrogens (tertiary/aromatic N) is 3. The van der Waals surface area contributed by atoms with Gasteiger partial charge in [-0.3, -0.25) is 18.9 Å². The van der Waals surface area contributed by atoms with Gasteiger partial charge >= 0.3 is 0 Å². The fraction of sp³-hybridized carbons (Fsp3) is 0.0833. The molecule has 0 spiro atoms. The van der Waals surface area contributed by atoms with Crippen LogP contribution < -0.4 is 16.0 Å². The number of nitrogens with one attached hydrogen (secondary N) is 1. The van der Waals surface area contributed by atoms with E-state index in [0.717, 1.165) is 5.39 Å². The van der Waals surface area contributed by atoms with Crippen LogP contribution in [0.3, 0.4) is 0 Å². The van der Waals surface area contributed by atoms with Crippen molar-refractivity contribution in [2.45, 2.75) is 18.2 Å². The summed E-state index contributed by atoms with van der Waals surface area (Å²) in [7, 11) is -4.08. The molecule has 0 fully saturated rings. The van der Waals surface area contributed by atoms with E-state index >= 15 is 0 Å². The molecular weight excluding hydrogens is 454 g/mol. The summed E-state index contributed by atoms with van der Waals surface area (Å²) in [5.41, 5.74) is 6.48. The number of benzene rings is 2. The number of hydrogen-bond donors (Lipinski definition) is 2. The van der Waals surface area contributed by atoms with Gasteiger partial charge in [0.15, 0.2) is 5.82 Å². The molecule has 172 valence electrons. The molecule has 0 atom stereocenters. The highest BCUT2D eigenvalue weighted by atomic mass is 32.2. The van der Waals surface area contributed by atoms with Crippen LogP contribution in [0.4, 0.5) is 11.4 Å². The molecule has 0 unspecified atom stereocenters. The lowest BCUT2D eigenvalue weighted by molar-refractivity contribution is -0.117. The number of aromatic nitrogens is 2. The Balaban J connectivity index is 1.76. The molecule has 9 nitrogen and oxygen atoms in total. The van der Waals surface area contributed by atoms with Crippen LogP contribution >= 0.6 is 0 Å². The third-order valence-corrected chi connectivity index (χ3v) is 6.68. The highest BCUT2D eigenvalue weighted by Crippen LogP contribution is 2.25. The topological polar surface area (TPSA) is 137 Å². The van der Waals surface area contributed by atoms with Crippen molar-refractivity contribution in [2.24, 2.45) is 4.99 Å². The molecule has 0 radical (unpaired) electrons. The van der Waals surface area contributed by atoms with Gasteiger partial charge in [-0.15, -0.1) is 0 Å². The van der Waals surface area contributed by atoms with Crippen molar-refractivity contribution >= 4 is 44.8 Å². The van der Waals surface area contributed by atoms with Crippen molar-refractivity contribution < 1.29 is 13.2 Å². The summed E-state index contributed by atoms with van der Waals surface area (Å²) in [5.74, 6) is -0.316. The predicted octanol–water partition coefficient (Wildman–Crippen LogP) is 2.85. The van der Waals surface area contributed by atoms with Crippen molar-refractivity contribution in [1.82, 2.24) is 9.55 Å². The second kappa shape index (κ2) is 8.91. The monoisotopic (exact) mass is 475 g/mol. The number of sulfonamides is 1. The number of hydrogen-bond acceptors (Lipinski definition) is 6. The largest absolute Gasteiger partial charge is 0.396 e. The summed E-state index contributed by atoms with van der Waals surface area (Å²) < 4.78 is 30.0. The molecule has 0 bridgehead atoms. The number of rotatable bonds is 6. The lowest BCUT2D eigenvalue weighted by atomic mass is 10.1. The Morgan fingerprint density at radius 3 is 2.62 bits per heavy atom. The maximum absolute atomic E-state index is 13.3. The standard InChI is InChI=1S/C24H21N5O4S/c1-15-10-11-20(28-34(32,33)21-9-5-7-17-6-3-4-8-18(17)21)24(31)29(15)23-19(25)12-16(14-27-23)13-22(30)26-2/h3-12,14,28H,2,13,25H2,1H3. The Kier molecular flexibility index (Phi) is 5.99. The lowest BCUT2D eigenvalue weighted by Gasteiger charge is -2.15. The van der Waals surface area contributed by atoms with Crippen LogP contribution in [0.2, 0.25) is 0 Å². The first-order valence-corrected chi connectivity index (χ1v) is 11.7. The van der Waals surface area contributed by atoms with E-state index < -0.39 is 21.5 Å². The van der Waals surface area contributed by atoms with Crippen LogP contribution in [0.1, 0.15) is 11.3 Å². The number of fused-ring (bicyclic) bond motifs is 1. The van der Waals surface area contributed by atoms with E-state index in [1.54, 1.807) is 31.2 Å². The number of pyridine rings is 2. The van der Waals surface area contributed by atoms with E-state index in [9.17, 15) is 18.0 Å². The average molecular weight is 476 g/mol. The highest BCUT2D eigenvalue weighted by Gasteiger charge is 2.21. The van der Waals surface area contributed by atoms with Crippen molar-refractivity contribution in [2.75, 3.05) is 10.5 Å². The SMILES string of the molecule is C=NC(=O)Cc1cnc(-n2c(C)ccc(NS(=O)(=O)c3cccc4ccccc34)c2=O)c(N)c1. The van der Waals surface area contributed by atoms with E-state index in [0.29, 0.717) is 16.6 Å². The Morgan fingerprint density at radius 2 is 1.88 bits per heavy atom. The molecule has 2 heterocycles. The zero-order valence-electron chi connectivity index (χ0n) is 18.2. The molecule has 0 aliphatic rings. The Bertz CT molecular complexity index is 1600. The number of aryl methyl sites for hydroxylation is 1. The van der Waals surface area contributed by atoms with E-state index in [2.05, 4.69) is 21.4 Å². The molecule has 1 amide bonds. The fourth-order valence-electron chi connectivity index (χ4n) is 3.64. The van der Waals surface area contributed by atoms with Gasteiger partial charge in [0.2, 0.25) is 5.91 Å². The molecule has 2 aromatic carbocycles. The first kappa shape index (κ1) is 22.9. The number of aliphatic imine (C=N–C) groups is 1. The summed E-state index contributed by atoms with van der Waals surface area (Å²) in [6.07, 6.45) is 1.38. The van der Waals surface area contributed by atoms with Gasteiger partial charge in [-0.1, -0.05) is 36.4 Å².